The van der Waals surface area contributed by atoms with Crippen LogP contribution in [0.2, 0.25) is 0 Å². The van der Waals surface area contributed by atoms with Crippen molar-refractivity contribution in [3.63, 3.8) is 0 Å². The molecular weight excluding hydrogens is 204 g/mol. The van der Waals surface area contributed by atoms with Crippen LogP contribution in [0.15, 0.2) is 12.2 Å². The highest BCUT2D eigenvalue weighted by molar-refractivity contribution is 7.11. The lowest BCUT2D eigenvalue weighted by Gasteiger charge is -1.98. The van der Waals surface area contributed by atoms with Crippen LogP contribution in [-0.4, -0.2) is 11.5 Å². The van der Waals surface area contributed by atoms with Crippen LogP contribution in [0.5, 0.6) is 0 Å². The molecule has 82 valence electrons. The molecule has 0 aliphatic heterocycles. The van der Waals surface area contributed by atoms with Gasteiger partial charge in [0.2, 0.25) is 0 Å². The molecule has 0 fully saturated rings. The van der Waals surface area contributed by atoms with E-state index in [0.29, 0.717) is 0 Å². The predicted octanol–water partition coefficient (Wildman–Crippen LogP) is 2.69. The number of rotatable bonds is 5. The fourth-order valence-electron chi connectivity index (χ4n) is 1.87. The molecule has 1 heterocycles. The van der Waals surface area contributed by atoms with E-state index in [0.717, 1.165) is 19.5 Å². The van der Waals surface area contributed by atoms with E-state index < -0.39 is 0 Å². The molecule has 0 spiro atoms. The second kappa shape index (κ2) is 5.42. The minimum atomic E-state index is 0.940. The maximum absolute atomic E-state index is 4.65. The standard InChI is InChI=1S/C12H18N2S/c1-2-3-4-8-13-9-12-14-10-6-5-7-11(10)15-12/h2-3,13H,4-9H2,1H3/b3-2+. The summed E-state index contributed by atoms with van der Waals surface area (Å²) in [6.07, 6.45) is 9.16. The van der Waals surface area contributed by atoms with Crippen molar-refractivity contribution in [1.29, 1.82) is 0 Å². The van der Waals surface area contributed by atoms with E-state index in [1.807, 2.05) is 11.3 Å². The molecule has 0 saturated heterocycles. The van der Waals surface area contributed by atoms with Crippen LogP contribution in [0.4, 0.5) is 0 Å². The molecule has 2 rings (SSSR count). The molecule has 1 N–H and O–H groups in total. The van der Waals surface area contributed by atoms with E-state index in [-0.39, 0.29) is 0 Å². The molecule has 0 amide bonds. The van der Waals surface area contributed by atoms with Gasteiger partial charge in [0, 0.05) is 11.4 Å². The number of nitrogens with one attached hydrogen (secondary N) is 1. The van der Waals surface area contributed by atoms with Gasteiger partial charge in [-0.3, -0.25) is 0 Å². The van der Waals surface area contributed by atoms with Crippen LogP contribution >= 0.6 is 11.3 Å². The Morgan fingerprint density at radius 2 is 2.40 bits per heavy atom. The zero-order valence-corrected chi connectivity index (χ0v) is 10.1. The lowest BCUT2D eigenvalue weighted by molar-refractivity contribution is 0.689. The summed E-state index contributed by atoms with van der Waals surface area (Å²) in [7, 11) is 0. The van der Waals surface area contributed by atoms with Gasteiger partial charge in [-0.2, -0.15) is 0 Å². The predicted molar refractivity (Wildman–Crippen MR) is 65.3 cm³/mol. The quantitative estimate of drug-likeness (QED) is 0.612. The molecule has 3 heteroatoms. The highest BCUT2D eigenvalue weighted by atomic mass is 32.1. The fraction of sp³-hybridized carbons (Fsp3) is 0.583. The first-order chi connectivity index (χ1) is 7.40. The van der Waals surface area contributed by atoms with Crippen molar-refractivity contribution >= 4 is 11.3 Å². The number of aryl methyl sites for hydroxylation is 2. The Bertz CT molecular complexity index is 320. The lowest BCUT2D eigenvalue weighted by Crippen LogP contribution is -2.13. The average Bonchev–Trinajstić information content (AvgIpc) is 2.77. The number of aromatic nitrogens is 1. The molecule has 1 aliphatic carbocycles. The third-order valence-electron chi connectivity index (χ3n) is 2.64. The van der Waals surface area contributed by atoms with Gasteiger partial charge < -0.3 is 5.32 Å². The summed E-state index contributed by atoms with van der Waals surface area (Å²) in [6, 6.07) is 0. The van der Waals surface area contributed by atoms with Gasteiger partial charge in [0.05, 0.1) is 5.69 Å². The Morgan fingerprint density at radius 3 is 3.20 bits per heavy atom. The van der Waals surface area contributed by atoms with Gasteiger partial charge in [0.15, 0.2) is 0 Å². The van der Waals surface area contributed by atoms with Crippen LogP contribution in [0, 0.1) is 0 Å². The van der Waals surface area contributed by atoms with Gasteiger partial charge in [-0.05, 0) is 39.2 Å². The number of nitrogens with zero attached hydrogens (tertiary/aromatic N) is 1. The van der Waals surface area contributed by atoms with Crippen molar-refractivity contribution in [3.05, 3.63) is 27.7 Å². The maximum atomic E-state index is 4.65. The summed E-state index contributed by atoms with van der Waals surface area (Å²) in [5.74, 6) is 0. The third kappa shape index (κ3) is 2.89. The van der Waals surface area contributed by atoms with Crippen LogP contribution in [-0.2, 0) is 19.4 Å². The Kier molecular flexibility index (Phi) is 3.92. The first kappa shape index (κ1) is 10.8. The van der Waals surface area contributed by atoms with Crippen molar-refractivity contribution < 1.29 is 0 Å². The molecule has 2 nitrogen and oxygen atoms in total. The smallest absolute Gasteiger partial charge is 0.107 e. The summed E-state index contributed by atoms with van der Waals surface area (Å²) < 4.78 is 0. The third-order valence-corrected chi connectivity index (χ3v) is 3.80. The van der Waals surface area contributed by atoms with Gasteiger partial charge in [0.25, 0.3) is 0 Å². The first-order valence-electron chi connectivity index (χ1n) is 5.69. The largest absolute Gasteiger partial charge is 0.310 e. The minimum Gasteiger partial charge on any atom is -0.310 e. The van der Waals surface area contributed by atoms with Gasteiger partial charge in [-0.15, -0.1) is 11.3 Å². The normalized spacial score (nSPS) is 15.0. The van der Waals surface area contributed by atoms with Crippen molar-refractivity contribution in [3.8, 4) is 0 Å². The van der Waals surface area contributed by atoms with Crippen LogP contribution < -0.4 is 5.32 Å². The highest BCUT2D eigenvalue weighted by Gasteiger charge is 2.15. The van der Waals surface area contributed by atoms with E-state index in [9.17, 15) is 0 Å². The zero-order chi connectivity index (χ0) is 10.5. The summed E-state index contributed by atoms with van der Waals surface area (Å²) in [5, 5.41) is 4.69. The number of allylic oxidation sites excluding steroid dienone is 1. The van der Waals surface area contributed by atoms with Crippen molar-refractivity contribution in [2.24, 2.45) is 0 Å². The summed E-state index contributed by atoms with van der Waals surface area (Å²) in [4.78, 5) is 6.17. The second-order valence-electron chi connectivity index (χ2n) is 3.87. The Hall–Kier alpha value is -0.670. The van der Waals surface area contributed by atoms with Crippen LogP contribution in [0.1, 0.15) is 35.3 Å². The molecular formula is C12H18N2S. The van der Waals surface area contributed by atoms with E-state index in [4.69, 9.17) is 0 Å². The summed E-state index contributed by atoms with van der Waals surface area (Å²) in [6.45, 7) is 4.05. The lowest BCUT2D eigenvalue weighted by atomic mass is 10.4. The molecule has 1 aromatic rings. The summed E-state index contributed by atoms with van der Waals surface area (Å²) >= 11 is 1.89. The maximum Gasteiger partial charge on any atom is 0.107 e. The first-order valence-corrected chi connectivity index (χ1v) is 6.51. The fourth-order valence-corrected chi connectivity index (χ4v) is 2.99. The molecule has 1 aromatic heterocycles. The number of hydrogen-bond donors (Lipinski definition) is 1. The summed E-state index contributed by atoms with van der Waals surface area (Å²) in [5.41, 5.74) is 1.37. The molecule has 0 saturated carbocycles. The zero-order valence-electron chi connectivity index (χ0n) is 9.25. The topological polar surface area (TPSA) is 24.9 Å². The van der Waals surface area contributed by atoms with Crippen molar-refractivity contribution in [2.75, 3.05) is 6.54 Å². The SMILES string of the molecule is C/C=C/CCNCc1nc2c(s1)CCC2. The molecule has 1 aliphatic rings. The monoisotopic (exact) mass is 222 g/mol. The van der Waals surface area contributed by atoms with Gasteiger partial charge in [-0.1, -0.05) is 12.2 Å². The highest BCUT2D eigenvalue weighted by Crippen LogP contribution is 2.27. The second-order valence-corrected chi connectivity index (χ2v) is 5.03. The van der Waals surface area contributed by atoms with Crippen LogP contribution in [0.25, 0.3) is 0 Å². The van der Waals surface area contributed by atoms with Gasteiger partial charge in [0.1, 0.15) is 5.01 Å². The molecule has 0 atom stereocenters. The van der Waals surface area contributed by atoms with Crippen molar-refractivity contribution in [2.45, 2.75) is 39.2 Å². The number of thiazole rings is 1. The van der Waals surface area contributed by atoms with E-state index >= 15 is 0 Å². The Balaban J connectivity index is 1.74. The molecule has 15 heavy (non-hydrogen) atoms. The molecule has 0 radical (unpaired) electrons. The molecule has 0 bridgehead atoms. The van der Waals surface area contributed by atoms with Crippen LogP contribution in [0.3, 0.4) is 0 Å². The molecule has 0 aromatic carbocycles. The Labute approximate surface area is 95.4 Å². The van der Waals surface area contributed by atoms with E-state index in [1.54, 1.807) is 0 Å². The molecule has 0 unspecified atom stereocenters. The Morgan fingerprint density at radius 1 is 1.47 bits per heavy atom. The number of fused-ring (bicyclic) bond motifs is 1. The van der Waals surface area contributed by atoms with E-state index in [1.165, 1.54) is 34.8 Å². The van der Waals surface area contributed by atoms with E-state index in [2.05, 4.69) is 29.4 Å². The average molecular weight is 222 g/mol. The number of hydrogen-bond acceptors (Lipinski definition) is 3. The van der Waals surface area contributed by atoms with Gasteiger partial charge >= 0.3 is 0 Å². The minimum absolute atomic E-state index is 0.940. The van der Waals surface area contributed by atoms with Gasteiger partial charge in [-0.25, -0.2) is 4.98 Å². The van der Waals surface area contributed by atoms with Crippen molar-refractivity contribution in [1.82, 2.24) is 10.3 Å².